The van der Waals surface area contributed by atoms with Gasteiger partial charge in [0.25, 0.3) is 0 Å². The van der Waals surface area contributed by atoms with E-state index >= 15 is 0 Å². The number of carbonyl (C=O) groups excluding carboxylic acids is 2. The van der Waals surface area contributed by atoms with Gasteiger partial charge in [0.15, 0.2) is 0 Å². The van der Waals surface area contributed by atoms with Crippen molar-refractivity contribution in [1.82, 2.24) is 9.80 Å². The lowest BCUT2D eigenvalue weighted by Gasteiger charge is -2.37. The zero-order chi connectivity index (χ0) is 18.5. The molecule has 2 fully saturated rings. The van der Waals surface area contributed by atoms with Gasteiger partial charge in [0, 0.05) is 45.7 Å². The van der Waals surface area contributed by atoms with E-state index in [4.69, 9.17) is 0 Å². The average molecular weight is 361 g/mol. The molecule has 26 heavy (non-hydrogen) atoms. The lowest BCUT2D eigenvalue weighted by molar-refractivity contribution is -0.136. The van der Waals surface area contributed by atoms with Gasteiger partial charge in [-0.1, -0.05) is 31.9 Å². The molecule has 0 saturated carbocycles. The Bertz CT molecular complexity index is 644. The standard InChI is InChI=1S/C20H28FN3O2/c1-2-3-6-9-24-15-16(14-19(24)25)20(26)23-12-10-22(11-13-23)18-8-5-4-7-17(18)21/h4-5,7-8,16H,2-3,6,9-15H2,1H3. The predicted octanol–water partition coefficient (Wildman–Crippen LogP) is 2.51. The number of anilines is 1. The van der Waals surface area contributed by atoms with Gasteiger partial charge >= 0.3 is 0 Å². The number of hydrogen-bond acceptors (Lipinski definition) is 3. The van der Waals surface area contributed by atoms with Crippen molar-refractivity contribution in [2.45, 2.75) is 32.6 Å². The predicted molar refractivity (Wildman–Crippen MR) is 99.4 cm³/mol. The highest BCUT2D eigenvalue weighted by Crippen LogP contribution is 2.24. The number of unbranched alkanes of at least 4 members (excludes halogenated alkanes) is 2. The number of rotatable bonds is 6. The summed E-state index contributed by atoms with van der Waals surface area (Å²) in [5.41, 5.74) is 0.595. The molecule has 1 aromatic rings. The molecule has 2 amide bonds. The van der Waals surface area contributed by atoms with E-state index in [1.165, 1.54) is 6.07 Å². The van der Waals surface area contributed by atoms with Crippen LogP contribution in [0.25, 0.3) is 0 Å². The molecule has 1 atom stereocenters. The molecule has 2 aliphatic rings. The number of halogens is 1. The molecule has 1 aromatic carbocycles. The number of carbonyl (C=O) groups is 2. The zero-order valence-corrected chi connectivity index (χ0v) is 15.5. The summed E-state index contributed by atoms with van der Waals surface area (Å²) < 4.78 is 13.9. The van der Waals surface area contributed by atoms with Crippen molar-refractivity contribution in [3.63, 3.8) is 0 Å². The summed E-state index contributed by atoms with van der Waals surface area (Å²) in [4.78, 5) is 30.6. The van der Waals surface area contributed by atoms with Crippen LogP contribution in [0.3, 0.4) is 0 Å². The molecule has 3 rings (SSSR count). The van der Waals surface area contributed by atoms with E-state index in [0.29, 0.717) is 44.8 Å². The number of amides is 2. The summed E-state index contributed by atoms with van der Waals surface area (Å²) >= 11 is 0. The molecular weight excluding hydrogens is 333 g/mol. The molecule has 0 spiro atoms. The highest BCUT2D eigenvalue weighted by molar-refractivity contribution is 5.89. The van der Waals surface area contributed by atoms with Crippen molar-refractivity contribution in [3.8, 4) is 0 Å². The van der Waals surface area contributed by atoms with Gasteiger partial charge in [-0.15, -0.1) is 0 Å². The van der Waals surface area contributed by atoms with E-state index in [0.717, 1.165) is 25.8 Å². The van der Waals surface area contributed by atoms with E-state index < -0.39 is 0 Å². The van der Waals surface area contributed by atoms with Crippen LogP contribution in [0.2, 0.25) is 0 Å². The lowest BCUT2D eigenvalue weighted by atomic mass is 10.1. The Labute approximate surface area is 154 Å². The Hall–Kier alpha value is -2.11. The minimum absolute atomic E-state index is 0.0736. The maximum Gasteiger partial charge on any atom is 0.228 e. The summed E-state index contributed by atoms with van der Waals surface area (Å²) in [6, 6.07) is 6.75. The molecule has 2 saturated heterocycles. The normalized spacial score (nSPS) is 20.8. The monoisotopic (exact) mass is 361 g/mol. The smallest absolute Gasteiger partial charge is 0.228 e. The van der Waals surface area contributed by atoms with Crippen LogP contribution in [0.4, 0.5) is 10.1 Å². The molecule has 0 aliphatic carbocycles. The first-order valence-corrected chi connectivity index (χ1v) is 9.66. The molecule has 5 nitrogen and oxygen atoms in total. The van der Waals surface area contributed by atoms with Crippen LogP contribution in [0.15, 0.2) is 24.3 Å². The largest absolute Gasteiger partial charge is 0.366 e. The molecular formula is C20H28FN3O2. The van der Waals surface area contributed by atoms with Crippen LogP contribution in [0, 0.1) is 11.7 Å². The van der Waals surface area contributed by atoms with Crippen molar-refractivity contribution < 1.29 is 14.0 Å². The Morgan fingerprint density at radius 2 is 1.88 bits per heavy atom. The van der Waals surface area contributed by atoms with Gasteiger partial charge in [0.2, 0.25) is 11.8 Å². The number of likely N-dealkylation sites (tertiary alicyclic amines) is 1. The SMILES string of the molecule is CCCCCN1CC(C(=O)N2CCN(c3ccccc3F)CC2)CC1=O. The summed E-state index contributed by atoms with van der Waals surface area (Å²) in [5.74, 6) is -0.269. The minimum atomic E-state index is -0.226. The molecule has 2 aliphatic heterocycles. The Balaban J connectivity index is 1.51. The molecule has 0 aromatic heterocycles. The van der Waals surface area contributed by atoms with Gasteiger partial charge in [-0.05, 0) is 18.6 Å². The second-order valence-electron chi connectivity index (χ2n) is 7.21. The number of hydrogen-bond donors (Lipinski definition) is 0. The van der Waals surface area contributed by atoms with Crippen LogP contribution in [0.5, 0.6) is 0 Å². The molecule has 142 valence electrons. The summed E-state index contributed by atoms with van der Waals surface area (Å²) in [6.07, 6.45) is 3.57. The third-order valence-electron chi connectivity index (χ3n) is 5.38. The van der Waals surface area contributed by atoms with E-state index in [-0.39, 0.29) is 23.5 Å². The van der Waals surface area contributed by atoms with Gasteiger partial charge in [-0.25, -0.2) is 4.39 Å². The molecule has 0 bridgehead atoms. The minimum Gasteiger partial charge on any atom is -0.366 e. The van der Waals surface area contributed by atoms with Crippen molar-refractivity contribution in [1.29, 1.82) is 0 Å². The van der Waals surface area contributed by atoms with Gasteiger partial charge in [0.05, 0.1) is 11.6 Å². The van der Waals surface area contributed by atoms with Crippen LogP contribution in [-0.4, -0.2) is 60.9 Å². The second kappa shape index (κ2) is 8.52. The van der Waals surface area contributed by atoms with Crippen molar-refractivity contribution in [3.05, 3.63) is 30.1 Å². The Morgan fingerprint density at radius 3 is 2.58 bits per heavy atom. The zero-order valence-electron chi connectivity index (χ0n) is 15.5. The second-order valence-corrected chi connectivity index (χ2v) is 7.21. The molecule has 0 N–H and O–H groups in total. The summed E-state index contributed by atoms with van der Waals surface area (Å²) in [5, 5.41) is 0. The van der Waals surface area contributed by atoms with Crippen molar-refractivity contribution in [2.24, 2.45) is 5.92 Å². The highest BCUT2D eigenvalue weighted by Gasteiger charge is 2.37. The molecule has 6 heteroatoms. The van der Waals surface area contributed by atoms with Crippen molar-refractivity contribution >= 4 is 17.5 Å². The lowest BCUT2D eigenvalue weighted by Crippen LogP contribution is -2.51. The maximum absolute atomic E-state index is 13.9. The fourth-order valence-corrected chi connectivity index (χ4v) is 3.84. The fourth-order valence-electron chi connectivity index (χ4n) is 3.84. The van der Waals surface area contributed by atoms with Gasteiger partial charge in [-0.2, -0.15) is 0 Å². The average Bonchev–Trinajstić information content (AvgIpc) is 3.03. The number of para-hydroxylation sites is 1. The van der Waals surface area contributed by atoms with E-state index in [1.807, 2.05) is 20.8 Å². The molecule has 0 radical (unpaired) electrons. The first-order chi connectivity index (χ1) is 12.6. The van der Waals surface area contributed by atoms with E-state index in [9.17, 15) is 14.0 Å². The first-order valence-electron chi connectivity index (χ1n) is 9.66. The fraction of sp³-hybridized carbons (Fsp3) is 0.600. The summed E-state index contributed by atoms with van der Waals surface area (Å²) in [6.45, 7) is 5.84. The van der Waals surface area contributed by atoms with Crippen LogP contribution < -0.4 is 4.90 Å². The van der Waals surface area contributed by atoms with Gasteiger partial charge < -0.3 is 14.7 Å². The quantitative estimate of drug-likeness (QED) is 0.732. The number of benzene rings is 1. The van der Waals surface area contributed by atoms with E-state index in [2.05, 4.69) is 6.92 Å². The van der Waals surface area contributed by atoms with Gasteiger partial charge in [0.1, 0.15) is 5.82 Å². The Morgan fingerprint density at radius 1 is 1.15 bits per heavy atom. The number of nitrogens with zero attached hydrogens (tertiary/aromatic N) is 3. The third-order valence-corrected chi connectivity index (χ3v) is 5.38. The summed E-state index contributed by atoms with van der Waals surface area (Å²) in [7, 11) is 0. The first kappa shape index (κ1) is 18.7. The van der Waals surface area contributed by atoms with Crippen molar-refractivity contribution in [2.75, 3.05) is 44.2 Å². The third kappa shape index (κ3) is 4.17. The van der Waals surface area contributed by atoms with E-state index in [1.54, 1.807) is 12.1 Å². The molecule has 1 unspecified atom stereocenters. The number of piperazine rings is 1. The Kier molecular flexibility index (Phi) is 6.12. The highest BCUT2D eigenvalue weighted by atomic mass is 19.1. The maximum atomic E-state index is 13.9. The van der Waals surface area contributed by atoms with Crippen LogP contribution >= 0.6 is 0 Å². The molecule has 2 heterocycles. The van der Waals surface area contributed by atoms with Gasteiger partial charge in [-0.3, -0.25) is 9.59 Å². The van der Waals surface area contributed by atoms with Crippen LogP contribution in [-0.2, 0) is 9.59 Å². The topological polar surface area (TPSA) is 43.9 Å². The van der Waals surface area contributed by atoms with Crippen LogP contribution in [0.1, 0.15) is 32.6 Å².